The molecule has 0 fully saturated rings. The number of hydrogen-bond donors (Lipinski definition) is 1. The highest BCUT2D eigenvalue weighted by atomic mass is 35.5. The number of nitrogens with one attached hydrogen (secondary N) is 1. The first-order valence-corrected chi connectivity index (χ1v) is 12.6. The molecule has 36 heavy (non-hydrogen) atoms. The molecule has 0 atom stereocenters. The normalized spacial score (nSPS) is 11.3. The maximum absolute atomic E-state index is 13.2. The van der Waals surface area contributed by atoms with Crippen LogP contribution in [0, 0.1) is 0 Å². The molecule has 8 nitrogen and oxygen atoms in total. The van der Waals surface area contributed by atoms with E-state index in [1.54, 1.807) is 36.4 Å². The van der Waals surface area contributed by atoms with Crippen molar-refractivity contribution in [3.63, 3.8) is 0 Å². The van der Waals surface area contributed by atoms with Crippen molar-refractivity contribution in [1.29, 1.82) is 0 Å². The lowest BCUT2D eigenvalue weighted by Crippen LogP contribution is -2.15. The third kappa shape index (κ3) is 5.75. The van der Waals surface area contributed by atoms with E-state index in [0.29, 0.717) is 28.6 Å². The Balaban J connectivity index is 2.11. The molecule has 0 aliphatic carbocycles. The standard InChI is InChI=1S/C25H25Cl2NO7S/c1-31-20-11-8-16(7-6-15-12-21(32-2)24(34-4)22(13-15)33-3)23(25(20)35-5)28-36(29,30)17-9-10-18(26)19(27)14-17/h6-14,28H,1-5H3/b7-6-. The summed E-state index contributed by atoms with van der Waals surface area (Å²) in [7, 11) is 3.38. The molecular formula is C25H25Cl2NO7S. The van der Waals surface area contributed by atoms with Gasteiger partial charge in [0.1, 0.15) is 5.69 Å². The van der Waals surface area contributed by atoms with Crippen LogP contribution in [0.1, 0.15) is 11.1 Å². The minimum atomic E-state index is -4.07. The number of methoxy groups -OCH3 is 5. The fourth-order valence-electron chi connectivity index (χ4n) is 3.41. The summed E-state index contributed by atoms with van der Waals surface area (Å²) in [5.41, 5.74) is 1.40. The van der Waals surface area contributed by atoms with Crippen LogP contribution in [0.4, 0.5) is 5.69 Å². The first kappa shape index (κ1) is 27.3. The summed E-state index contributed by atoms with van der Waals surface area (Å²) in [5, 5.41) is 0.350. The smallest absolute Gasteiger partial charge is 0.262 e. The average Bonchev–Trinajstić information content (AvgIpc) is 2.88. The van der Waals surface area contributed by atoms with Crippen LogP contribution in [0.25, 0.3) is 12.2 Å². The molecule has 3 aromatic carbocycles. The van der Waals surface area contributed by atoms with Crippen molar-refractivity contribution in [3.05, 3.63) is 63.6 Å². The van der Waals surface area contributed by atoms with Crippen LogP contribution in [0.5, 0.6) is 28.7 Å². The molecule has 0 aliphatic rings. The van der Waals surface area contributed by atoms with E-state index < -0.39 is 10.0 Å². The molecule has 0 heterocycles. The summed E-state index contributed by atoms with van der Waals surface area (Å²) in [6, 6.07) is 10.9. The van der Waals surface area contributed by atoms with Gasteiger partial charge in [-0.15, -0.1) is 0 Å². The predicted molar refractivity (Wildman–Crippen MR) is 142 cm³/mol. The number of ether oxygens (including phenoxy) is 5. The average molecular weight is 554 g/mol. The summed E-state index contributed by atoms with van der Waals surface area (Å²) < 4.78 is 56.1. The number of hydrogen-bond acceptors (Lipinski definition) is 7. The number of benzene rings is 3. The van der Waals surface area contributed by atoms with Gasteiger partial charge in [0.15, 0.2) is 23.0 Å². The Morgan fingerprint density at radius 2 is 1.31 bits per heavy atom. The SMILES string of the molecule is COc1cc(/C=C\c2ccc(OC)c(OC)c2NS(=O)(=O)c2ccc(Cl)c(Cl)c2)cc(OC)c1OC. The third-order valence-electron chi connectivity index (χ3n) is 5.16. The fourth-order valence-corrected chi connectivity index (χ4v) is 4.89. The van der Waals surface area contributed by atoms with E-state index in [1.165, 1.54) is 53.7 Å². The van der Waals surface area contributed by atoms with Crippen LogP contribution in [0.2, 0.25) is 10.0 Å². The molecule has 0 saturated carbocycles. The quantitative estimate of drug-likeness (QED) is 0.307. The zero-order chi connectivity index (χ0) is 26.5. The van der Waals surface area contributed by atoms with Gasteiger partial charge in [-0.1, -0.05) is 35.4 Å². The van der Waals surface area contributed by atoms with E-state index >= 15 is 0 Å². The molecule has 0 unspecified atom stereocenters. The van der Waals surface area contributed by atoms with E-state index in [2.05, 4.69) is 4.72 Å². The highest BCUT2D eigenvalue weighted by Gasteiger charge is 2.22. The van der Waals surface area contributed by atoms with E-state index in [1.807, 2.05) is 0 Å². The second-order valence-electron chi connectivity index (χ2n) is 7.24. The molecule has 192 valence electrons. The van der Waals surface area contributed by atoms with Crippen LogP contribution in [0.3, 0.4) is 0 Å². The number of sulfonamides is 1. The Kier molecular flexibility index (Phi) is 8.84. The monoisotopic (exact) mass is 553 g/mol. The maximum atomic E-state index is 13.2. The molecule has 0 amide bonds. The van der Waals surface area contributed by atoms with Gasteiger partial charge in [-0.05, 0) is 48.0 Å². The van der Waals surface area contributed by atoms with Crippen LogP contribution in [0.15, 0.2) is 47.4 Å². The van der Waals surface area contributed by atoms with Gasteiger partial charge in [-0.3, -0.25) is 4.72 Å². The summed E-state index contributed by atoms with van der Waals surface area (Å²) in [6.07, 6.45) is 3.48. The van der Waals surface area contributed by atoms with Crippen molar-refractivity contribution in [1.82, 2.24) is 0 Å². The van der Waals surface area contributed by atoms with Gasteiger partial charge in [0.05, 0.1) is 50.5 Å². The predicted octanol–water partition coefficient (Wildman–Crippen LogP) is 6.01. The lowest BCUT2D eigenvalue weighted by Gasteiger charge is -2.17. The van der Waals surface area contributed by atoms with Crippen molar-refractivity contribution >= 4 is 51.1 Å². The summed E-state index contributed by atoms with van der Waals surface area (Å²) in [6.45, 7) is 0. The zero-order valence-electron chi connectivity index (χ0n) is 20.2. The molecule has 1 N–H and O–H groups in total. The van der Waals surface area contributed by atoms with Crippen molar-refractivity contribution in [3.8, 4) is 28.7 Å². The van der Waals surface area contributed by atoms with Crippen molar-refractivity contribution in [2.45, 2.75) is 4.90 Å². The maximum Gasteiger partial charge on any atom is 0.262 e. The lowest BCUT2D eigenvalue weighted by atomic mass is 10.1. The number of rotatable bonds is 10. The second-order valence-corrected chi connectivity index (χ2v) is 9.74. The Bertz CT molecular complexity index is 1370. The first-order chi connectivity index (χ1) is 17.2. The summed E-state index contributed by atoms with van der Waals surface area (Å²) in [4.78, 5) is -0.0682. The van der Waals surface area contributed by atoms with E-state index in [0.717, 1.165) is 5.56 Å². The molecule has 3 aromatic rings. The molecule has 0 aromatic heterocycles. The van der Waals surface area contributed by atoms with Crippen LogP contribution >= 0.6 is 23.2 Å². The first-order valence-electron chi connectivity index (χ1n) is 10.4. The Hall–Kier alpha value is -3.27. The van der Waals surface area contributed by atoms with Gasteiger partial charge in [0, 0.05) is 5.56 Å². The lowest BCUT2D eigenvalue weighted by molar-refractivity contribution is 0.324. The number of halogens is 2. The van der Waals surface area contributed by atoms with Gasteiger partial charge in [-0.2, -0.15) is 0 Å². The molecule has 11 heteroatoms. The Morgan fingerprint density at radius 1 is 0.694 bits per heavy atom. The molecule has 0 aliphatic heterocycles. The molecule has 0 radical (unpaired) electrons. The van der Waals surface area contributed by atoms with Crippen molar-refractivity contribution in [2.24, 2.45) is 0 Å². The van der Waals surface area contributed by atoms with Crippen LogP contribution in [-0.4, -0.2) is 44.0 Å². The minimum Gasteiger partial charge on any atom is -0.493 e. The Morgan fingerprint density at radius 3 is 1.83 bits per heavy atom. The molecule has 0 saturated heterocycles. The van der Waals surface area contributed by atoms with Crippen molar-refractivity contribution in [2.75, 3.05) is 40.3 Å². The van der Waals surface area contributed by atoms with Crippen LogP contribution in [-0.2, 0) is 10.0 Å². The van der Waals surface area contributed by atoms with Gasteiger partial charge in [0.25, 0.3) is 10.0 Å². The molecular weight excluding hydrogens is 529 g/mol. The van der Waals surface area contributed by atoms with Gasteiger partial charge in [0.2, 0.25) is 5.75 Å². The third-order valence-corrected chi connectivity index (χ3v) is 7.24. The zero-order valence-corrected chi connectivity index (χ0v) is 22.5. The molecule has 0 bridgehead atoms. The van der Waals surface area contributed by atoms with Gasteiger partial charge < -0.3 is 23.7 Å². The van der Waals surface area contributed by atoms with E-state index in [-0.39, 0.29) is 26.4 Å². The van der Waals surface area contributed by atoms with E-state index in [4.69, 9.17) is 46.9 Å². The highest BCUT2D eigenvalue weighted by Crippen LogP contribution is 2.41. The summed E-state index contributed by atoms with van der Waals surface area (Å²) >= 11 is 12.0. The van der Waals surface area contributed by atoms with Gasteiger partial charge >= 0.3 is 0 Å². The second kappa shape index (κ2) is 11.6. The summed E-state index contributed by atoms with van der Waals surface area (Å²) in [5.74, 6) is 1.95. The van der Waals surface area contributed by atoms with Gasteiger partial charge in [-0.25, -0.2) is 8.42 Å². The highest BCUT2D eigenvalue weighted by molar-refractivity contribution is 7.92. The van der Waals surface area contributed by atoms with Crippen molar-refractivity contribution < 1.29 is 32.1 Å². The van der Waals surface area contributed by atoms with Crippen LogP contribution < -0.4 is 28.4 Å². The fraction of sp³-hybridized carbons (Fsp3) is 0.200. The molecule has 0 spiro atoms. The molecule has 3 rings (SSSR count). The number of anilines is 1. The largest absolute Gasteiger partial charge is 0.493 e. The van der Waals surface area contributed by atoms with E-state index in [9.17, 15) is 8.42 Å². The minimum absolute atomic E-state index is 0.0682. The topological polar surface area (TPSA) is 92.3 Å². The Labute approximate surface area is 220 Å².